The number of H-pyrrole nitrogens is 2. The molecular formula is C25H30N6O2S. The quantitative estimate of drug-likeness (QED) is 0.358. The van der Waals surface area contributed by atoms with Crippen LogP contribution in [0.25, 0.3) is 32.6 Å². The SMILES string of the molecule is CN1CCN(c2ccc3nc(-c4c(NC5CCCCC5O)c5sccc5[nH]c4=O)[nH]c3c2)CC1. The van der Waals surface area contributed by atoms with Gasteiger partial charge in [0.05, 0.1) is 39.1 Å². The number of nitrogens with one attached hydrogen (secondary N) is 3. The number of hydrogen-bond acceptors (Lipinski definition) is 7. The van der Waals surface area contributed by atoms with Gasteiger partial charge in [-0.05, 0) is 49.5 Å². The minimum atomic E-state index is -0.419. The summed E-state index contributed by atoms with van der Waals surface area (Å²) >= 11 is 1.58. The largest absolute Gasteiger partial charge is 0.391 e. The summed E-state index contributed by atoms with van der Waals surface area (Å²) in [5.41, 5.74) is 4.81. The number of pyridine rings is 1. The number of fused-ring (bicyclic) bond motifs is 2. The van der Waals surface area contributed by atoms with E-state index in [0.29, 0.717) is 11.4 Å². The molecule has 0 bridgehead atoms. The van der Waals surface area contributed by atoms with Gasteiger partial charge in [-0.15, -0.1) is 11.3 Å². The van der Waals surface area contributed by atoms with E-state index >= 15 is 0 Å². The number of piperazine rings is 1. The number of likely N-dealkylation sites (N-methyl/N-ethyl adjacent to an activating group) is 1. The number of aliphatic hydroxyl groups excluding tert-OH is 1. The predicted molar refractivity (Wildman–Crippen MR) is 139 cm³/mol. The van der Waals surface area contributed by atoms with E-state index in [1.807, 2.05) is 17.5 Å². The lowest BCUT2D eigenvalue weighted by molar-refractivity contribution is 0.116. The van der Waals surface area contributed by atoms with Gasteiger partial charge in [-0.2, -0.15) is 0 Å². The number of hydrogen-bond donors (Lipinski definition) is 4. The Morgan fingerprint density at radius 3 is 2.74 bits per heavy atom. The summed E-state index contributed by atoms with van der Waals surface area (Å²) in [7, 11) is 2.15. The maximum Gasteiger partial charge on any atom is 0.261 e. The molecule has 2 unspecified atom stereocenters. The lowest BCUT2D eigenvalue weighted by Crippen LogP contribution is -2.44. The molecule has 1 saturated carbocycles. The van der Waals surface area contributed by atoms with E-state index in [4.69, 9.17) is 4.98 Å². The molecule has 178 valence electrons. The third-order valence-corrected chi connectivity index (χ3v) is 8.18. The van der Waals surface area contributed by atoms with E-state index in [0.717, 1.165) is 78.8 Å². The molecule has 8 nitrogen and oxygen atoms in total. The van der Waals surface area contributed by atoms with Crippen LogP contribution in [0.1, 0.15) is 25.7 Å². The molecule has 0 radical (unpaired) electrons. The van der Waals surface area contributed by atoms with Gasteiger partial charge in [0.15, 0.2) is 0 Å². The van der Waals surface area contributed by atoms with Gasteiger partial charge in [0.2, 0.25) is 0 Å². The fraction of sp³-hybridized carbons (Fsp3) is 0.440. The molecule has 0 spiro atoms. The fourth-order valence-corrected chi connectivity index (χ4v) is 6.08. The first-order chi connectivity index (χ1) is 16.6. The average Bonchev–Trinajstić information content (AvgIpc) is 3.47. The number of nitrogens with zero attached hydrogens (tertiary/aromatic N) is 3. The predicted octanol–water partition coefficient (Wildman–Crippen LogP) is 3.60. The van der Waals surface area contributed by atoms with Crippen LogP contribution in [-0.2, 0) is 0 Å². The Morgan fingerprint density at radius 2 is 1.91 bits per heavy atom. The van der Waals surface area contributed by atoms with Gasteiger partial charge in [0, 0.05) is 31.9 Å². The van der Waals surface area contributed by atoms with Crippen LogP contribution in [0.5, 0.6) is 0 Å². The van der Waals surface area contributed by atoms with Crippen molar-refractivity contribution in [1.29, 1.82) is 0 Å². The zero-order valence-corrected chi connectivity index (χ0v) is 20.1. The molecule has 2 aliphatic rings. The number of benzene rings is 1. The minimum absolute atomic E-state index is 0.0761. The van der Waals surface area contributed by atoms with Crippen molar-refractivity contribution >= 4 is 44.0 Å². The smallest absolute Gasteiger partial charge is 0.261 e. The monoisotopic (exact) mass is 478 g/mol. The molecule has 4 heterocycles. The van der Waals surface area contributed by atoms with Gasteiger partial charge in [0.1, 0.15) is 11.4 Å². The topological polar surface area (TPSA) is 100 Å². The molecule has 4 aromatic rings. The molecule has 1 aliphatic heterocycles. The van der Waals surface area contributed by atoms with Gasteiger partial charge >= 0.3 is 0 Å². The lowest BCUT2D eigenvalue weighted by atomic mass is 9.92. The zero-order valence-electron chi connectivity index (χ0n) is 19.3. The van der Waals surface area contributed by atoms with Crippen LogP contribution >= 0.6 is 11.3 Å². The first kappa shape index (κ1) is 21.6. The van der Waals surface area contributed by atoms with Crippen molar-refractivity contribution in [3.63, 3.8) is 0 Å². The van der Waals surface area contributed by atoms with Crippen molar-refractivity contribution in [2.24, 2.45) is 0 Å². The van der Waals surface area contributed by atoms with E-state index in [1.54, 1.807) is 11.3 Å². The number of imidazole rings is 1. The second-order valence-electron chi connectivity index (χ2n) is 9.55. The van der Waals surface area contributed by atoms with Gasteiger partial charge in [0.25, 0.3) is 5.56 Å². The van der Waals surface area contributed by atoms with Crippen molar-refractivity contribution < 1.29 is 5.11 Å². The lowest BCUT2D eigenvalue weighted by Gasteiger charge is -2.34. The Labute approximate surface area is 201 Å². The summed E-state index contributed by atoms with van der Waals surface area (Å²) in [6.07, 6.45) is 3.35. The normalized spacial score (nSPS) is 22.0. The molecule has 1 aromatic carbocycles. The summed E-state index contributed by atoms with van der Waals surface area (Å²) in [4.78, 5) is 29.2. The van der Waals surface area contributed by atoms with Crippen molar-refractivity contribution in [2.45, 2.75) is 37.8 Å². The Bertz CT molecular complexity index is 1380. The molecule has 0 amide bonds. The highest BCUT2D eigenvalue weighted by molar-refractivity contribution is 7.17. The first-order valence-corrected chi connectivity index (χ1v) is 13.0. The number of anilines is 2. The van der Waals surface area contributed by atoms with Crippen LogP contribution < -0.4 is 15.8 Å². The summed E-state index contributed by atoms with van der Waals surface area (Å²) in [6, 6.07) is 8.12. The van der Waals surface area contributed by atoms with E-state index in [1.165, 1.54) is 5.69 Å². The van der Waals surface area contributed by atoms with Crippen LogP contribution in [0.15, 0.2) is 34.4 Å². The molecule has 2 atom stereocenters. The van der Waals surface area contributed by atoms with Crippen molar-refractivity contribution in [2.75, 3.05) is 43.4 Å². The van der Waals surface area contributed by atoms with Crippen LogP contribution in [-0.4, -0.2) is 70.3 Å². The Hall–Kier alpha value is -2.88. The van der Waals surface area contributed by atoms with E-state index in [9.17, 15) is 9.90 Å². The summed E-state index contributed by atoms with van der Waals surface area (Å²) in [5, 5.41) is 16.1. The number of aliphatic hydroxyl groups is 1. The van der Waals surface area contributed by atoms with Gasteiger partial charge < -0.3 is 30.2 Å². The second kappa shape index (κ2) is 8.72. The van der Waals surface area contributed by atoms with E-state index in [-0.39, 0.29) is 11.6 Å². The second-order valence-corrected chi connectivity index (χ2v) is 10.5. The maximum absolute atomic E-state index is 13.3. The molecule has 3 aromatic heterocycles. The van der Waals surface area contributed by atoms with Gasteiger partial charge in [-0.1, -0.05) is 12.8 Å². The number of rotatable bonds is 4. The fourth-order valence-electron chi connectivity index (χ4n) is 5.22. The van der Waals surface area contributed by atoms with Crippen LogP contribution in [0.3, 0.4) is 0 Å². The van der Waals surface area contributed by atoms with Crippen LogP contribution in [0.4, 0.5) is 11.4 Å². The summed E-state index contributed by atoms with van der Waals surface area (Å²) in [5.74, 6) is 0.551. The number of aromatic nitrogens is 3. The van der Waals surface area contributed by atoms with E-state index in [2.05, 4.69) is 44.3 Å². The Morgan fingerprint density at radius 1 is 1.09 bits per heavy atom. The summed E-state index contributed by atoms with van der Waals surface area (Å²) < 4.78 is 0.978. The Kier molecular flexibility index (Phi) is 5.55. The molecule has 34 heavy (non-hydrogen) atoms. The summed E-state index contributed by atoms with van der Waals surface area (Å²) in [6.45, 7) is 4.08. The highest BCUT2D eigenvalue weighted by Gasteiger charge is 2.27. The van der Waals surface area contributed by atoms with E-state index < -0.39 is 6.10 Å². The Balaban J connectivity index is 1.42. The highest BCUT2D eigenvalue weighted by Crippen LogP contribution is 2.36. The number of aromatic amines is 2. The van der Waals surface area contributed by atoms with Crippen molar-refractivity contribution in [1.82, 2.24) is 19.9 Å². The molecular weight excluding hydrogens is 448 g/mol. The van der Waals surface area contributed by atoms with Gasteiger partial charge in [-0.25, -0.2) is 4.98 Å². The molecule has 4 N–H and O–H groups in total. The first-order valence-electron chi connectivity index (χ1n) is 12.1. The minimum Gasteiger partial charge on any atom is -0.391 e. The standard InChI is InChI=1S/C25H30N6O2S/c1-30-9-11-31(12-10-30)15-6-7-16-19(14-15)28-24(27-16)21-22(26-17-4-2-3-5-20(17)32)23-18(8-13-34-23)29-25(21)33/h6-8,13-14,17,20,32H,2-5,9-12H2,1H3,(H,27,28)(H2,26,29,33). The molecule has 6 rings (SSSR count). The van der Waals surface area contributed by atoms with Crippen molar-refractivity contribution in [3.05, 3.63) is 40.0 Å². The third-order valence-electron chi connectivity index (χ3n) is 7.25. The zero-order chi connectivity index (χ0) is 23.2. The maximum atomic E-state index is 13.3. The third kappa shape index (κ3) is 3.87. The molecule has 1 saturated heterocycles. The highest BCUT2D eigenvalue weighted by atomic mass is 32.1. The van der Waals surface area contributed by atoms with Crippen LogP contribution in [0, 0.1) is 0 Å². The average molecular weight is 479 g/mol. The molecule has 9 heteroatoms. The van der Waals surface area contributed by atoms with Crippen molar-refractivity contribution in [3.8, 4) is 11.4 Å². The number of thiophene rings is 1. The van der Waals surface area contributed by atoms with Crippen LogP contribution in [0.2, 0.25) is 0 Å². The molecule has 1 aliphatic carbocycles. The molecule has 2 fully saturated rings. The van der Waals surface area contributed by atoms with Gasteiger partial charge in [-0.3, -0.25) is 4.79 Å².